The number of pyridine rings is 2. The molecule has 2 aromatic rings. The molecule has 4 nitrogen and oxygen atoms in total. The highest BCUT2D eigenvalue weighted by atomic mass is 79.9. The summed E-state index contributed by atoms with van der Waals surface area (Å²) < 4.78 is 0.847. The van der Waals surface area contributed by atoms with Crippen LogP contribution in [0.4, 0.5) is 5.82 Å². The maximum Gasteiger partial charge on any atom is 0.275 e. The summed E-state index contributed by atoms with van der Waals surface area (Å²) in [6.07, 6.45) is 3.02. The average Bonchev–Trinajstić information content (AvgIpc) is 2.33. The van der Waals surface area contributed by atoms with Crippen molar-refractivity contribution >= 4 is 39.3 Å². The van der Waals surface area contributed by atoms with Crippen LogP contribution >= 0.6 is 27.5 Å². The first-order valence-electron chi connectivity index (χ1n) is 4.69. The number of carbonyl (C=O) groups is 1. The van der Waals surface area contributed by atoms with Gasteiger partial charge in [-0.3, -0.25) is 4.79 Å². The van der Waals surface area contributed by atoms with E-state index in [0.29, 0.717) is 16.5 Å². The van der Waals surface area contributed by atoms with E-state index in [0.717, 1.165) is 4.47 Å². The van der Waals surface area contributed by atoms with Crippen molar-refractivity contribution in [2.75, 3.05) is 5.32 Å². The maximum absolute atomic E-state index is 11.7. The lowest BCUT2D eigenvalue weighted by molar-refractivity contribution is 0.102. The molecule has 1 amide bonds. The number of carbonyl (C=O) groups excluding carboxylic acids is 1. The summed E-state index contributed by atoms with van der Waals surface area (Å²) >= 11 is 8.94. The van der Waals surface area contributed by atoms with E-state index in [2.05, 4.69) is 31.2 Å². The number of amides is 1. The molecule has 2 heterocycles. The molecule has 0 fully saturated rings. The highest BCUT2D eigenvalue weighted by Gasteiger charge is 2.07. The van der Waals surface area contributed by atoms with Gasteiger partial charge in [0.05, 0.1) is 5.02 Å². The molecule has 0 aliphatic carbocycles. The summed E-state index contributed by atoms with van der Waals surface area (Å²) in [6, 6.07) is 6.64. The number of hydrogen-bond acceptors (Lipinski definition) is 3. The zero-order chi connectivity index (χ0) is 12.3. The minimum atomic E-state index is -0.323. The number of aromatic nitrogens is 2. The topological polar surface area (TPSA) is 54.9 Å². The Morgan fingerprint density at radius 1 is 1.18 bits per heavy atom. The van der Waals surface area contributed by atoms with E-state index in [1.54, 1.807) is 30.5 Å². The summed E-state index contributed by atoms with van der Waals surface area (Å²) in [4.78, 5) is 19.7. The Labute approximate surface area is 111 Å². The van der Waals surface area contributed by atoms with Crippen LogP contribution in [0.1, 0.15) is 10.5 Å². The van der Waals surface area contributed by atoms with Gasteiger partial charge in [-0.05, 0) is 40.2 Å². The zero-order valence-electron chi connectivity index (χ0n) is 8.52. The number of rotatable bonds is 2. The molecule has 0 saturated heterocycles. The second-order valence-corrected chi connectivity index (χ2v) is 4.53. The Morgan fingerprint density at radius 3 is 2.59 bits per heavy atom. The third-order valence-corrected chi connectivity index (χ3v) is 2.62. The van der Waals surface area contributed by atoms with Crippen LogP contribution in [-0.2, 0) is 0 Å². The van der Waals surface area contributed by atoms with Crippen molar-refractivity contribution in [1.29, 1.82) is 0 Å². The molecule has 6 heteroatoms. The van der Waals surface area contributed by atoms with Crippen LogP contribution in [-0.4, -0.2) is 15.9 Å². The van der Waals surface area contributed by atoms with Crippen molar-refractivity contribution in [2.45, 2.75) is 0 Å². The van der Waals surface area contributed by atoms with Crippen LogP contribution in [0.3, 0.4) is 0 Å². The molecule has 17 heavy (non-hydrogen) atoms. The molecule has 0 bridgehead atoms. The number of nitrogens with zero attached hydrogens (tertiary/aromatic N) is 2. The van der Waals surface area contributed by atoms with Crippen LogP contribution in [0.25, 0.3) is 0 Å². The lowest BCUT2D eigenvalue weighted by Gasteiger charge is -2.03. The minimum Gasteiger partial charge on any atom is -0.305 e. The summed E-state index contributed by atoms with van der Waals surface area (Å²) in [5.41, 5.74) is 0.291. The SMILES string of the molecule is O=C(Nc1ccc(Br)cn1)c1ccc(Cl)cn1. The summed E-state index contributed by atoms with van der Waals surface area (Å²) in [7, 11) is 0. The largest absolute Gasteiger partial charge is 0.305 e. The van der Waals surface area contributed by atoms with Gasteiger partial charge < -0.3 is 5.32 Å². The van der Waals surface area contributed by atoms with E-state index in [-0.39, 0.29) is 5.91 Å². The predicted octanol–water partition coefficient (Wildman–Crippen LogP) is 3.14. The van der Waals surface area contributed by atoms with E-state index >= 15 is 0 Å². The van der Waals surface area contributed by atoms with Gasteiger partial charge in [0, 0.05) is 16.9 Å². The normalized spacial score (nSPS) is 10.0. The standard InChI is InChI=1S/C11H7BrClN3O/c12-7-1-4-10(15-5-7)16-11(17)9-3-2-8(13)6-14-9/h1-6H,(H,15,16,17). The molecule has 0 aromatic carbocycles. The first-order chi connectivity index (χ1) is 8.15. The number of nitrogens with one attached hydrogen (secondary N) is 1. The molecule has 0 aliphatic rings. The maximum atomic E-state index is 11.7. The van der Waals surface area contributed by atoms with Crippen molar-refractivity contribution in [3.63, 3.8) is 0 Å². The van der Waals surface area contributed by atoms with Crippen molar-refractivity contribution in [3.8, 4) is 0 Å². The van der Waals surface area contributed by atoms with E-state index in [1.807, 2.05) is 0 Å². The first-order valence-corrected chi connectivity index (χ1v) is 5.87. The smallest absolute Gasteiger partial charge is 0.275 e. The Hall–Kier alpha value is -1.46. The molecule has 0 saturated carbocycles. The molecule has 0 spiro atoms. The van der Waals surface area contributed by atoms with E-state index in [4.69, 9.17) is 11.6 Å². The molecule has 1 N–H and O–H groups in total. The molecular weight excluding hydrogens is 305 g/mol. The third-order valence-electron chi connectivity index (χ3n) is 1.93. The monoisotopic (exact) mass is 311 g/mol. The van der Waals surface area contributed by atoms with Crippen molar-refractivity contribution in [3.05, 3.63) is 51.8 Å². The fraction of sp³-hybridized carbons (Fsp3) is 0. The molecule has 86 valence electrons. The van der Waals surface area contributed by atoms with Crippen LogP contribution in [0, 0.1) is 0 Å². The summed E-state index contributed by atoms with van der Waals surface area (Å²) in [5, 5.41) is 3.12. The average molecular weight is 313 g/mol. The van der Waals surface area contributed by atoms with Gasteiger partial charge in [-0.15, -0.1) is 0 Å². The van der Waals surface area contributed by atoms with E-state index < -0.39 is 0 Å². The van der Waals surface area contributed by atoms with Crippen LogP contribution in [0.5, 0.6) is 0 Å². The molecule has 0 unspecified atom stereocenters. The zero-order valence-corrected chi connectivity index (χ0v) is 10.9. The quantitative estimate of drug-likeness (QED) is 0.927. The van der Waals surface area contributed by atoms with Gasteiger partial charge in [0.25, 0.3) is 5.91 Å². The molecule has 0 atom stereocenters. The molecular formula is C11H7BrClN3O. The number of halogens is 2. The fourth-order valence-electron chi connectivity index (χ4n) is 1.14. The molecule has 2 rings (SSSR count). The highest BCUT2D eigenvalue weighted by Crippen LogP contribution is 2.12. The molecule has 0 aliphatic heterocycles. The number of hydrogen-bond donors (Lipinski definition) is 1. The van der Waals surface area contributed by atoms with Gasteiger partial charge in [-0.2, -0.15) is 0 Å². The van der Waals surface area contributed by atoms with E-state index in [1.165, 1.54) is 6.20 Å². The van der Waals surface area contributed by atoms with Crippen molar-refractivity contribution < 1.29 is 4.79 Å². The lowest BCUT2D eigenvalue weighted by Crippen LogP contribution is -2.14. The van der Waals surface area contributed by atoms with Crippen LogP contribution < -0.4 is 5.32 Å². The second kappa shape index (κ2) is 5.25. The Morgan fingerprint density at radius 2 is 2.00 bits per heavy atom. The summed E-state index contributed by atoms with van der Waals surface area (Å²) in [6.45, 7) is 0. The second-order valence-electron chi connectivity index (χ2n) is 3.18. The Balaban J connectivity index is 2.11. The van der Waals surface area contributed by atoms with Gasteiger partial charge >= 0.3 is 0 Å². The number of anilines is 1. The Bertz CT molecular complexity index is 527. The molecule has 0 radical (unpaired) electrons. The van der Waals surface area contributed by atoms with Gasteiger partial charge in [0.2, 0.25) is 0 Å². The first kappa shape index (κ1) is 12.0. The minimum absolute atomic E-state index is 0.291. The fourth-order valence-corrected chi connectivity index (χ4v) is 1.49. The third kappa shape index (κ3) is 3.25. The van der Waals surface area contributed by atoms with Crippen LogP contribution in [0.15, 0.2) is 41.1 Å². The predicted molar refractivity (Wildman–Crippen MR) is 69.1 cm³/mol. The van der Waals surface area contributed by atoms with Crippen LogP contribution in [0.2, 0.25) is 5.02 Å². The van der Waals surface area contributed by atoms with Gasteiger partial charge in [0.15, 0.2) is 0 Å². The van der Waals surface area contributed by atoms with Crippen molar-refractivity contribution in [1.82, 2.24) is 9.97 Å². The highest BCUT2D eigenvalue weighted by molar-refractivity contribution is 9.10. The summed E-state index contributed by atoms with van der Waals surface area (Å²) in [5.74, 6) is 0.145. The van der Waals surface area contributed by atoms with Gasteiger partial charge in [0.1, 0.15) is 11.5 Å². The molecule has 2 aromatic heterocycles. The lowest BCUT2D eigenvalue weighted by atomic mass is 10.3. The van der Waals surface area contributed by atoms with Gasteiger partial charge in [-0.1, -0.05) is 11.6 Å². The Kier molecular flexibility index (Phi) is 3.71. The van der Waals surface area contributed by atoms with Crippen molar-refractivity contribution in [2.24, 2.45) is 0 Å². The van der Waals surface area contributed by atoms with Gasteiger partial charge in [-0.25, -0.2) is 9.97 Å². The van der Waals surface area contributed by atoms with E-state index in [9.17, 15) is 4.79 Å².